The predicted octanol–water partition coefficient (Wildman–Crippen LogP) is 4.62. The average molecular weight is 1310 g/mol. The minimum atomic E-state index is -1.51. The first-order valence-corrected chi connectivity index (χ1v) is 34.2. The number of pyridine rings is 1. The van der Waals surface area contributed by atoms with Gasteiger partial charge in [-0.1, -0.05) is 84.4 Å². The van der Waals surface area contributed by atoms with Crippen LogP contribution in [0.25, 0.3) is 0 Å². The zero-order valence-corrected chi connectivity index (χ0v) is 58.8. The van der Waals surface area contributed by atoms with E-state index in [4.69, 9.17) is 0 Å². The molecule has 24 nitrogen and oxygen atoms in total. The number of rotatable bonds is 21. The van der Waals surface area contributed by atoms with E-state index >= 15 is 9.59 Å². The summed E-state index contributed by atoms with van der Waals surface area (Å²) in [7, 11) is 12.9. The van der Waals surface area contributed by atoms with Crippen LogP contribution < -0.4 is 16.0 Å². The van der Waals surface area contributed by atoms with Gasteiger partial charge in [0.15, 0.2) is 11.6 Å². The van der Waals surface area contributed by atoms with Crippen LogP contribution in [0.15, 0.2) is 41.6 Å². The summed E-state index contributed by atoms with van der Waals surface area (Å²) in [5.41, 5.74) is 0. The smallest absolute Gasteiger partial charge is 0.246 e. The van der Waals surface area contributed by atoms with Gasteiger partial charge in [0.25, 0.3) is 0 Å². The van der Waals surface area contributed by atoms with Gasteiger partial charge in [-0.3, -0.25) is 57.5 Å². The monoisotopic (exact) mass is 1310 g/mol. The third kappa shape index (κ3) is 26.6. The number of amides is 10. The van der Waals surface area contributed by atoms with Crippen molar-refractivity contribution in [3.05, 3.63) is 36.5 Å². The summed E-state index contributed by atoms with van der Waals surface area (Å²) < 4.78 is 0. The number of hydrogen-bond donors (Lipinski definition) is 4. The number of nitrogens with one attached hydrogen (secondary N) is 3. The molecule has 91 heavy (non-hydrogen) atoms. The molecule has 0 bridgehead atoms. The number of hydrogen-bond acceptors (Lipinski definition) is 16. The Balaban J connectivity index is 2.63. The van der Waals surface area contributed by atoms with E-state index in [2.05, 4.69) is 20.9 Å². The molecule has 1 aliphatic rings. The highest BCUT2D eigenvalue weighted by Crippen LogP contribution is 2.30. The molecular weight excluding hydrogens is 1210 g/mol. The first-order valence-electron chi connectivity index (χ1n) is 31.9. The molecular formula is C65H107N11O13S2. The van der Waals surface area contributed by atoms with Crippen molar-refractivity contribution in [1.82, 2.24) is 55.2 Å². The summed E-state index contributed by atoms with van der Waals surface area (Å²) in [5.74, 6) is -8.79. The van der Waals surface area contributed by atoms with Gasteiger partial charge in [-0.2, -0.15) is 0 Å². The Hall–Kier alpha value is -6.41. The van der Waals surface area contributed by atoms with Crippen LogP contribution in [0.3, 0.4) is 0 Å². The fraction of sp³-hybridized carbons (Fsp3) is 0.708. The van der Waals surface area contributed by atoms with Gasteiger partial charge >= 0.3 is 0 Å². The van der Waals surface area contributed by atoms with Gasteiger partial charge in [-0.15, -0.1) is 0 Å². The maximum absolute atomic E-state index is 15.1. The fourth-order valence-electron chi connectivity index (χ4n) is 10.8. The Bertz CT molecular complexity index is 2630. The molecule has 1 aliphatic heterocycles. The Morgan fingerprint density at radius 1 is 0.692 bits per heavy atom. The molecule has 0 saturated carbocycles. The standard InChI is InChI=1S/C65H107N11O13S2/c1-18-20-26-44(9)59(83)58-51(78)37-46(19-2)61(85)72(13)40-56(82)70(11)39-54(81)69-48(27-21-23-32-66-52(79)28-25-34-90-91-55-29-22-24-33-67-55)62(86)71(12)38-47(77)30-31-53(80)68-45(10)60(84)73(14)49(35-41(3)4)63(87)74(15)50(36-42(5)6)64(88)75(16)57(43(7)8)65(89)76(58)17/h18,20,22,24,29,33,41-46,48-50,57-59,83H,19,21,23,25-28,30-32,34-40H2,1-17H3,(H,66,79)(H,68,80)(H,69,81)/b20-18+/t44-,45-,46-,48+,49+,50+,57+,58-,59-/m1/s1. The molecule has 10 amide bonds. The molecule has 0 unspecified atom stereocenters. The number of Topliss-reactive ketones (excluding diaryl/α,β-unsaturated/α-hetero) is 2. The van der Waals surface area contributed by atoms with Gasteiger partial charge in [0.2, 0.25) is 59.1 Å². The molecule has 0 aromatic carbocycles. The Morgan fingerprint density at radius 2 is 1.29 bits per heavy atom. The largest absolute Gasteiger partial charge is 0.390 e. The molecule has 0 spiro atoms. The summed E-state index contributed by atoms with van der Waals surface area (Å²) >= 11 is 0. The molecule has 1 saturated heterocycles. The molecule has 9 atom stereocenters. The van der Waals surface area contributed by atoms with Crippen molar-refractivity contribution in [2.75, 3.05) is 81.3 Å². The normalized spacial score (nSPS) is 23.3. The Morgan fingerprint density at radius 3 is 1.86 bits per heavy atom. The van der Waals surface area contributed by atoms with E-state index in [-0.39, 0.29) is 62.8 Å². The Labute approximate surface area is 548 Å². The van der Waals surface area contributed by atoms with E-state index in [1.54, 1.807) is 57.7 Å². The van der Waals surface area contributed by atoms with E-state index in [1.165, 1.54) is 81.8 Å². The zero-order valence-electron chi connectivity index (χ0n) is 57.2. The first kappa shape index (κ1) is 80.7. The average Bonchev–Trinajstić information content (AvgIpc) is 1.90. The maximum atomic E-state index is 15.1. The van der Waals surface area contributed by atoms with E-state index in [0.717, 1.165) is 30.4 Å². The number of aliphatic hydroxyl groups is 1. The van der Waals surface area contributed by atoms with E-state index in [9.17, 15) is 53.1 Å². The molecule has 1 aromatic rings. The van der Waals surface area contributed by atoms with E-state index < -0.39 is 151 Å². The van der Waals surface area contributed by atoms with Crippen LogP contribution in [0.4, 0.5) is 0 Å². The van der Waals surface area contributed by atoms with Gasteiger partial charge < -0.3 is 55.4 Å². The second kappa shape index (κ2) is 40.5. The molecule has 0 aliphatic carbocycles. The number of allylic oxidation sites excluding steroid dienone is 2. The fourth-order valence-corrected chi connectivity index (χ4v) is 12.8. The van der Waals surface area contributed by atoms with Crippen LogP contribution in [0.5, 0.6) is 0 Å². The number of carbonyl (C=O) groups is 12. The molecule has 0 radical (unpaired) electrons. The lowest BCUT2D eigenvalue weighted by molar-refractivity contribution is -0.157. The molecule has 1 fully saturated rings. The molecule has 4 N–H and O–H groups in total. The van der Waals surface area contributed by atoms with Crippen LogP contribution in [0.1, 0.15) is 146 Å². The molecule has 1 aromatic heterocycles. The summed E-state index contributed by atoms with van der Waals surface area (Å²) in [5, 5.41) is 21.2. The van der Waals surface area contributed by atoms with Crippen molar-refractivity contribution in [2.24, 2.45) is 29.6 Å². The second-order valence-corrected chi connectivity index (χ2v) is 27.8. The van der Waals surface area contributed by atoms with Crippen molar-refractivity contribution in [2.45, 2.75) is 194 Å². The third-order valence-electron chi connectivity index (χ3n) is 16.3. The topological polar surface area (TPSA) is 297 Å². The van der Waals surface area contributed by atoms with Crippen LogP contribution in [0.2, 0.25) is 0 Å². The summed E-state index contributed by atoms with van der Waals surface area (Å²) in [6.45, 7) is 16.4. The van der Waals surface area contributed by atoms with Gasteiger partial charge in [0.1, 0.15) is 41.3 Å². The number of nitrogens with zero attached hydrogens (tertiary/aromatic N) is 8. The number of likely N-dealkylation sites (N-methyl/N-ethyl adjacent to an activating group) is 7. The highest BCUT2D eigenvalue weighted by Gasteiger charge is 2.45. The van der Waals surface area contributed by atoms with E-state index in [0.29, 0.717) is 32.1 Å². The minimum absolute atomic E-state index is 0.0810. The van der Waals surface area contributed by atoms with Crippen molar-refractivity contribution in [3.8, 4) is 0 Å². The predicted molar refractivity (Wildman–Crippen MR) is 353 cm³/mol. The van der Waals surface area contributed by atoms with Crippen molar-refractivity contribution in [1.29, 1.82) is 0 Å². The van der Waals surface area contributed by atoms with Gasteiger partial charge in [0.05, 0.1) is 25.7 Å². The van der Waals surface area contributed by atoms with Crippen molar-refractivity contribution < 1.29 is 62.6 Å². The summed E-state index contributed by atoms with van der Waals surface area (Å²) in [6.07, 6.45) is 5.33. The van der Waals surface area contributed by atoms with Gasteiger partial charge in [0, 0.05) is 99.4 Å². The van der Waals surface area contributed by atoms with Crippen molar-refractivity contribution in [3.63, 3.8) is 0 Å². The first-order chi connectivity index (χ1) is 42.7. The Kier molecular flexibility index (Phi) is 35.9. The highest BCUT2D eigenvalue weighted by atomic mass is 33.1. The lowest BCUT2D eigenvalue weighted by Gasteiger charge is -2.41. The molecule has 2 rings (SSSR count). The quantitative estimate of drug-likeness (QED) is 0.0742. The maximum Gasteiger partial charge on any atom is 0.246 e. The molecule has 26 heteroatoms. The van der Waals surface area contributed by atoms with Crippen LogP contribution in [0, 0.1) is 29.6 Å². The highest BCUT2D eigenvalue weighted by molar-refractivity contribution is 8.76. The van der Waals surface area contributed by atoms with Gasteiger partial charge in [-0.25, -0.2) is 4.98 Å². The number of unbranched alkanes of at least 4 members (excludes halogenated alkanes) is 1. The summed E-state index contributed by atoms with van der Waals surface area (Å²) in [4.78, 5) is 182. The number of aliphatic hydroxyl groups excluding tert-OH is 1. The number of carbonyl (C=O) groups excluding carboxylic acids is 12. The van der Waals surface area contributed by atoms with Crippen LogP contribution in [-0.2, 0) is 57.5 Å². The minimum Gasteiger partial charge on any atom is -0.390 e. The number of aromatic nitrogens is 1. The van der Waals surface area contributed by atoms with Crippen molar-refractivity contribution >= 4 is 92.2 Å². The zero-order chi connectivity index (χ0) is 69.0. The number of ketones is 2. The lowest BCUT2D eigenvalue weighted by atomic mass is 9.86. The molecule has 2 heterocycles. The van der Waals surface area contributed by atoms with Crippen LogP contribution >= 0.6 is 21.6 Å². The van der Waals surface area contributed by atoms with Gasteiger partial charge in [-0.05, 0) is 112 Å². The van der Waals surface area contributed by atoms with Crippen LogP contribution in [-0.4, -0.2) is 239 Å². The second-order valence-electron chi connectivity index (χ2n) is 25.4. The lowest BCUT2D eigenvalue weighted by Crippen LogP contribution is -2.61. The third-order valence-corrected chi connectivity index (χ3v) is 18.6. The SMILES string of the molecule is C/C=C/C[C@@H](C)[C@@H](O)[C@H]1C(=O)C[C@@H](CC)C(=O)N(C)CC(=O)N(C)CC(=O)N[C@@H](CCCCNC(=O)CCCSSc2ccccn2)C(=O)N(C)CC(=O)CCC(=O)N[C@H](C)C(=O)N(C)[C@@H](CC(C)C)C(=O)N(C)[C@@H](CC(C)C)C(=O)N(C)[C@@H](C(C)C)C(=O)N1C. The molecule has 512 valence electrons. The van der Waals surface area contributed by atoms with E-state index in [1.807, 2.05) is 52.0 Å². The summed E-state index contributed by atoms with van der Waals surface area (Å²) in [6, 6.07) is -1.73.